The molecule has 0 saturated heterocycles. The molecule has 4 nitrogen and oxygen atoms in total. The lowest BCUT2D eigenvalue weighted by molar-refractivity contribution is 0.102. The highest BCUT2D eigenvalue weighted by Gasteiger charge is 2.15. The largest absolute Gasteiger partial charge is 0.427 e. The molecule has 1 aromatic heterocycles. The summed E-state index contributed by atoms with van der Waals surface area (Å²) in [6.45, 7) is 7.57. The van der Waals surface area contributed by atoms with Gasteiger partial charge in [-0.3, -0.25) is 4.79 Å². The summed E-state index contributed by atoms with van der Waals surface area (Å²) >= 11 is 0. The van der Waals surface area contributed by atoms with Crippen molar-refractivity contribution in [2.75, 3.05) is 5.32 Å². The molecule has 2 rings (SSSR count). The number of hydrogen-bond acceptors (Lipinski definition) is 3. The minimum atomic E-state index is -0.442. The maximum absolute atomic E-state index is 12.3. The van der Waals surface area contributed by atoms with Gasteiger partial charge in [-0.2, -0.15) is 0 Å². The Morgan fingerprint density at radius 1 is 1.14 bits per heavy atom. The molecule has 1 N–H and O–H groups in total. The maximum atomic E-state index is 12.3. The summed E-state index contributed by atoms with van der Waals surface area (Å²) in [6, 6.07) is 9.05. The normalized spacial score (nSPS) is 10.7. The van der Waals surface area contributed by atoms with Crippen LogP contribution in [0.15, 0.2) is 39.5 Å². The summed E-state index contributed by atoms with van der Waals surface area (Å²) in [5.74, 6) is 0.505. The number of nitrogens with one attached hydrogen (secondary N) is 1. The van der Waals surface area contributed by atoms with Crippen LogP contribution in [0.2, 0.25) is 0 Å². The Hall–Kier alpha value is -2.36. The molecular formula is C17H19NO3. The summed E-state index contributed by atoms with van der Waals surface area (Å²) in [6.07, 6.45) is 0. The highest BCUT2D eigenvalue weighted by molar-refractivity contribution is 6.05. The van der Waals surface area contributed by atoms with Gasteiger partial charge in [0.15, 0.2) is 0 Å². The number of benzene rings is 1. The van der Waals surface area contributed by atoms with E-state index >= 15 is 0 Å². The monoisotopic (exact) mass is 285 g/mol. The Labute approximate surface area is 123 Å². The minimum absolute atomic E-state index is 0.272. The van der Waals surface area contributed by atoms with Crippen LogP contribution < -0.4 is 10.9 Å². The number of rotatable bonds is 3. The zero-order valence-electron chi connectivity index (χ0n) is 12.7. The Kier molecular flexibility index (Phi) is 4.26. The molecular weight excluding hydrogens is 266 g/mol. The summed E-state index contributed by atoms with van der Waals surface area (Å²) in [5.41, 5.74) is 2.51. The number of carbonyl (C=O) groups excluding carboxylic acids is 1. The van der Waals surface area contributed by atoms with E-state index in [0.29, 0.717) is 22.8 Å². The van der Waals surface area contributed by atoms with Crippen molar-refractivity contribution in [1.82, 2.24) is 0 Å². The van der Waals surface area contributed by atoms with Crippen molar-refractivity contribution in [2.24, 2.45) is 0 Å². The summed E-state index contributed by atoms with van der Waals surface area (Å²) in [5, 5.41) is 2.82. The van der Waals surface area contributed by atoms with Gasteiger partial charge in [-0.1, -0.05) is 26.0 Å². The number of aryl methyl sites for hydroxylation is 2. The van der Waals surface area contributed by atoms with E-state index in [4.69, 9.17) is 4.42 Å². The fraction of sp³-hybridized carbons (Fsp3) is 0.294. The van der Waals surface area contributed by atoms with Crippen molar-refractivity contribution >= 4 is 11.6 Å². The second-order valence-electron chi connectivity index (χ2n) is 5.41. The molecule has 0 aliphatic carbocycles. The van der Waals surface area contributed by atoms with E-state index in [1.54, 1.807) is 13.8 Å². The SMILES string of the molecule is Cc1cc(=O)oc(C)c1C(=O)Nc1ccc(C(C)C)cc1. The lowest BCUT2D eigenvalue weighted by Crippen LogP contribution is -2.17. The van der Waals surface area contributed by atoms with Crippen molar-refractivity contribution < 1.29 is 9.21 Å². The second-order valence-corrected chi connectivity index (χ2v) is 5.41. The van der Waals surface area contributed by atoms with Crippen LogP contribution in [0.5, 0.6) is 0 Å². The maximum Gasteiger partial charge on any atom is 0.336 e. The standard InChI is InChI=1S/C17H19NO3/c1-10(2)13-5-7-14(8-6-13)18-17(20)16-11(3)9-15(19)21-12(16)4/h5-10H,1-4H3,(H,18,20). The third kappa shape index (κ3) is 3.40. The topological polar surface area (TPSA) is 59.3 Å². The van der Waals surface area contributed by atoms with Crippen LogP contribution in [-0.2, 0) is 0 Å². The van der Waals surface area contributed by atoms with Crippen molar-refractivity contribution in [3.05, 3.63) is 63.2 Å². The molecule has 0 unspecified atom stereocenters. The molecule has 21 heavy (non-hydrogen) atoms. The highest BCUT2D eigenvalue weighted by atomic mass is 16.4. The molecule has 1 amide bonds. The van der Waals surface area contributed by atoms with Crippen molar-refractivity contribution in [3.8, 4) is 0 Å². The summed E-state index contributed by atoms with van der Waals surface area (Å²) in [7, 11) is 0. The molecule has 0 bridgehead atoms. The molecule has 110 valence electrons. The minimum Gasteiger partial charge on any atom is -0.427 e. The number of carbonyl (C=O) groups is 1. The van der Waals surface area contributed by atoms with Crippen LogP contribution in [0, 0.1) is 13.8 Å². The summed E-state index contributed by atoms with van der Waals surface area (Å²) in [4.78, 5) is 23.6. The van der Waals surface area contributed by atoms with Gasteiger partial charge in [-0.05, 0) is 43.0 Å². The van der Waals surface area contributed by atoms with Crippen molar-refractivity contribution in [1.29, 1.82) is 0 Å². The molecule has 4 heteroatoms. The molecule has 1 aromatic carbocycles. The average molecular weight is 285 g/mol. The lowest BCUT2D eigenvalue weighted by atomic mass is 10.0. The van der Waals surface area contributed by atoms with Gasteiger partial charge < -0.3 is 9.73 Å². The molecule has 0 fully saturated rings. The van der Waals surface area contributed by atoms with E-state index in [-0.39, 0.29) is 5.91 Å². The first-order valence-corrected chi connectivity index (χ1v) is 6.91. The second kappa shape index (κ2) is 5.95. The Morgan fingerprint density at radius 3 is 2.29 bits per heavy atom. The fourth-order valence-electron chi connectivity index (χ4n) is 2.24. The first-order valence-electron chi connectivity index (χ1n) is 6.91. The average Bonchev–Trinajstić information content (AvgIpc) is 2.37. The number of anilines is 1. The van der Waals surface area contributed by atoms with Gasteiger partial charge in [-0.15, -0.1) is 0 Å². The van der Waals surface area contributed by atoms with Crippen LogP contribution in [0.25, 0.3) is 0 Å². The molecule has 0 radical (unpaired) electrons. The van der Waals surface area contributed by atoms with Gasteiger partial charge in [0, 0.05) is 11.8 Å². The predicted octanol–water partition coefficient (Wildman–Crippen LogP) is 3.63. The van der Waals surface area contributed by atoms with Gasteiger partial charge in [-0.25, -0.2) is 4.79 Å². The zero-order chi connectivity index (χ0) is 15.6. The van der Waals surface area contributed by atoms with Crippen molar-refractivity contribution in [2.45, 2.75) is 33.6 Å². The van der Waals surface area contributed by atoms with Crippen molar-refractivity contribution in [3.63, 3.8) is 0 Å². The first kappa shape index (κ1) is 15.0. The van der Waals surface area contributed by atoms with E-state index < -0.39 is 5.63 Å². The van der Waals surface area contributed by atoms with Gasteiger partial charge in [0.05, 0.1) is 5.56 Å². The van der Waals surface area contributed by atoms with Crippen LogP contribution in [0.3, 0.4) is 0 Å². The Balaban J connectivity index is 2.24. The Morgan fingerprint density at radius 2 is 1.76 bits per heavy atom. The van der Waals surface area contributed by atoms with Crippen LogP contribution in [0.1, 0.15) is 47.0 Å². The van der Waals surface area contributed by atoms with Crippen LogP contribution in [-0.4, -0.2) is 5.91 Å². The van der Waals surface area contributed by atoms with Gasteiger partial charge >= 0.3 is 5.63 Å². The molecule has 0 aliphatic heterocycles. The number of hydrogen-bond donors (Lipinski definition) is 1. The molecule has 0 aliphatic rings. The number of amides is 1. The third-order valence-electron chi connectivity index (χ3n) is 3.40. The Bertz CT molecular complexity index is 686. The van der Waals surface area contributed by atoms with E-state index in [9.17, 15) is 9.59 Å². The van der Waals surface area contributed by atoms with E-state index in [1.807, 2.05) is 24.3 Å². The van der Waals surface area contributed by atoms with Gasteiger partial charge in [0.1, 0.15) is 5.76 Å². The smallest absolute Gasteiger partial charge is 0.336 e. The van der Waals surface area contributed by atoms with Crippen LogP contribution in [0.4, 0.5) is 5.69 Å². The quantitative estimate of drug-likeness (QED) is 0.936. The fourth-order valence-corrected chi connectivity index (χ4v) is 2.24. The van der Waals surface area contributed by atoms with E-state index in [0.717, 1.165) is 5.69 Å². The molecule has 0 spiro atoms. The van der Waals surface area contributed by atoms with Crippen LogP contribution >= 0.6 is 0 Å². The molecule has 0 saturated carbocycles. The van der Waals surface area contributed by atoms with E-state index in [1.165, 1.54) is 11.6 Å². The van der Waals surface area contributed by atoms with E-state index in [2.05, 4.69) is 19.2 Å². The third-order valence-corrected chi connectivity index (χ3v) is 3.40. The lowest BCUT2D eigenvalue weighted by Gasteiger charge is -2.10. The van der Waals surface area contributed by atoms with Gasteiger partial charge in [0.25, 0.3) is 5.91 Å². The molecule has 2 aromatic rings. The van der Waals surface area contributed by atoms with Gasteiger partial charge in [0.2, 0.25) is 0 Å². The summed E-state index contributed by atoms with van der Waals surface area (Å²) < 4.78 is 4.98. The highest BCUT2D eigenvalue weighted by Crippen LogP contribution is 2.19. The molecule has 1 heterocycles. The first-order chi connectivity index (χ1) is 9.88. The zero-order valence-corrected chi connectivity index (χ0v) is 12.7. The predicted molar refractivity (Wildman–Crippen MR) is 82.9 cm³/mol. The molecule has 0 atom stereocenters.